The molecular formula is C21H24FN3. The lowest BCUT2D eigenvalue weighted by molar-refractivity contribution is 0.251. The van der Waals surface area contributed by atoms with Crippen LogP contribution < -0.4 is 4.90 Å². The van der Waals surface area contributed by atoms with Crippen LogP contribution in [0.3, 0.4) is 0 Å². The molecule has 0 aliphatic carbocycles. The van der Waals surface area contributed by atoms with Crippen LogP contribution >= 0.6 is 0 Å². The Morgan fingerprint density at radius 3 is 2.36 bits per heavy atom. The lowest BCUT2D eigenvalue weighted by Crippen LogP contribution is -2.46. The smallest absolute Gasteiger partial charge is 0.123 e. The van der Waals surface area contributed by atoms with Crippen LogP contribution in [0.4, 0.5) is 10.1 Å². The van der Waals surface area contributed by atoms with Gasteiger partial charge in [0.15, 0.2) is 0 Å². The average molecular weight is 337 g/mol. The van der Waals surface area contributed by atoms with E-state index in [1.807, 2.05) is 12.1 Å². The zero-order chi connectivity index (χ0) is 17.1. The Labute approximate surface area is 148 Å². The first-order chi connectivity index (χ1) is 12.3. The van der Waals surface area contributed by atoms with Crippen LogP contribution in [-0.4, -0.2) is 42.2 Å². The van der Waals surface area contributed by atoms with Crippen molar-refractivity contribution < 1.29 is 4.39 Å². The van der Waals surface area contributed by atoms with Gasteiger partial charge in [-0.25, -0.2) is 4.39 Å². The summed E-state index contributed by atoms with van der Waals surface area (Å²) in [6.07, 6.45) is 3.35. The molecule has 4 rings (SSSR count). The van der Waals surface area contributed by atoms with Gasteiger partial charge in [0.25, 0.3) is 0 Å². The van der Waals surface area contributed by atoms with E-state index in [0.29, 0.717) is 0 Å². The van der Waals surface area contributed by atoms with Gasteiger partial charge in [0.05, 0.1) is 0 Å². The largest absolute Gasteiger partial charge is 0.369 e. The maximum atomic E-state index is 13.0. The summed E-state index contributed by atoms with van der Waals surface area (Å²) >= 11 is 0. The van der Waals surface area contributed by atoms with Crippen LogP contribution in [0.25, 0.3) is 10.9 Å². The molecule has 1 saturated heterocycles. The van der Waals surface area contributed by atoms with Gasteiger partial charge < -0.3 is 9.47 Å². The number of aromatic nitrogens is 1. The number of halogens is 1. The number of anilines is 1. The standard InChI is InChI=1S/C21H24FN3/c22-19-6-8-20(9-7-19)24-16-14-23(15-17-24)11-3-12-25-13-10-18-4-1-2-5-21(18)25/h1-2,4-10,13H,3,11-12,14-17H2. The second-order valence-corrected chi connectivity index (χ2v) is 6.73. The summed E-state index contributed by atoms with van der Waals surface area (Å²) in [5, 5.41) is 1.32. The first-order valence-corrected chi connectivity index (χ1v) is 9.06. The van der Waals surface area contributed by atoms with Crippen molar-refractivity contribution in [2.24, 2.45) is 0 Å². The molecule has 1 aliphatic rings. The van der Waals surface area contributed by atoms with Gasteiger partial charge in [-0.1, -0.05) is 18.2 Å². The molecule has 1 aliphatic heterocycles. The van der Waals surface area contributed by atoms with E-state index in [-0.39, 0.29) is 5.82 Å². The molecule has 25 heavy (non-hydrogen) atoms. The molecular weight excluding hydrogens is 313 g/mol. The van der Waals surface area contributed by atoms with Crippen LogP contribution in [0.1, 0.15) is 6.42 Å². The van der Waals surface area contributed by atoms with E-state index in [1.165, 1.54) is 10.9 Å². The number of benzene rings is 2. The molecule has 0 spiro atoms. The number of piperazine rings is 1. The fourth-order valence-corrected chi connectivity index (χ4v) is 3.68. The molecule has 3 nitrogen and oxygen atoms in total. The van der Waals surface area contributed by atoms with Gasteiger partial charge in [0.2, 0.25) is 0 Å². The third kappa shape index (κ3) is 3.69. The Kier molecular flexibility index (Phi) is 4.70. The van der Waals surface area contributed by atoms with E-state index < -0.39 is 0 Å². The molecule has 130 valence electrons. The monoisotopic (exact) mass is 337 g/mol. The number of nitrogens with zero attached hydrogens (tertiary/aromatic N) is 3. The molecule has 0 unspecified atom stereocenters. The van der Waals surface area contributed by atoms with Crippen molar-refractivity contribution in [3.63, 3.8) is 0 Å². The lowest BCUT2D eigenvalue weighted by Gasteiger charge is -2.36. The number of hydrogen-bond acceptors (Lipinski definition) is 2. The van der Waals surface area contributed by atoms with Gasteiger partial charge in [0.1, 0.15) is 5.82 Å². The van der Waals surface area contributed by atoms with Gasteiger partial charge in [-0.3, -0.25) is 4.90 Å². The van der Waals surface area contributed by atoms with Gasteiger partial charge >= 0.3 is 0 Å². The summed E-state index contributed by atoms with van der Waals surface area (Å²) in [4.78, 5) is 4.88. The maximum Gasteiger partial charge on any atom is 0.123 e. The lowest BCUT2D eigenvalue weighted by atomic mass is 10.2. The Bertz CT molecular complexity index is 817. The van der Waals surface area contributed by atoms with E-state index in [9.17, 15) is 4.39 Å². The minimum Gasteiger partial charge on any atom is -0.369 e. The predicted molar refractivity (Wildman–Crippen MR) is 102 cm³/mol. The van der Waals surface area contributed by atoms with Crippen LogP contribution in [-0.2, 0) is 6.54 Å². The van der Waals surface area contributed by atoms with E-state index in [1.54, 1.807) is 12.1 Å². The summed E-state index contributed by atoms with van der Waals surface area (Å²) in [6, 6.07) is 17.6. The Balaban J connectivity index is 1.26. The number of para-hydroxylation sites is 1. The predicted octanol–water partition coefficient (Wildman–Crippen LogP) is 3.99. The van der Waals surface area contributed by atoms with Crippen molar-refractivity contribution >= 4 is 16.6 Å². The molecule has 3 aromatic rings. The van der Waals surface area contributed by atoms with E-state index >= 15 is 0 Å². The van der Waals surface area contributed by atoms with Gasteiger partial charge in [-0.15, -0.1) is 0 Å². The number of rotatable bonds is 5. The molecule has 1 aromatic heterocycles. The third-order valence-corrected chi connectivity index (χ3v) is 5.12. The summed E-state index contributed by atoms with van der Waals surface area (Å²) in [7, 11) is 0. The molecule has 0 atom stereocenters. The van der Waals surface area contributed by atoms with E-state index in [0.717, 1.165) is 51.4 Å². The van der Waals surface area contributed by atoms with Crippen LogP contribution in [0.5, 0.6) is 0 Å². The number of aryl methyl sites for hydroxylation is 1. The molecule has 0 N–H and O–H groups in total. The highest BCUT2D eigenvalue weighted by molar-refractivity contribution is 5.79. The average Bonchev–Trinajstić information content (AvgIpc) is 3.06. The normalized spacial score (nSPS) is 15.8. The zero-order valence-electron chi connectivity index (χ0n) is 14.4. The van der Waals surface area contributed by atoms with Crippen LogP contribution in [0.2, 0.25) is 0 Å². The SMILES string of the molecule is Fc1ccc(N2CCN(CCCn3ccc4ccccc43)CC2)cc1. The summed E-state index contributed by atoms with van der Waals surface area (Å²) in [6.45, 7) is 6.36. The van der Waals surface area contributed by atoms with Crippen molar-refractivity contribution in [2.45, 2.75) is 13.0 Å². The van der Waals surface area contributed by atoms with Crippen molar-refractivity contribution in [1.82, 2.24) is 9.47 Å². The molecule has 0 saturated carbocycles. The Hall–Kier alpha value is -2.33. The molecule has 0 radical (unpaired) electrons. The highest BCUT2D eigenvalue weighted by Crippen LogP contribution is 2.18. The van der Waals surface area contributed by atoms with E-state index in [2.05, 4.69) is 50.9 Å². The maximum absolute atomic E-state index is 13.0. The molecule has 0 bridgehead atoms. The highest BCUT2D eigenvalue weighted by Gasteiger charge is 2.16. The van der Waals surface area contributed by atoms with Gasteiger partial charge in [-0.2, -0.15) is 0 Å². The fraction of sp³-hybridized carbons (Fsp3) is 0.333. The Morgan fingerprint density at radius 1 is 0.800 bits per heavy atom. The van der Waals surface area contributed by atoms with Crippen LogP contribution in [0.15, 0.2) is 60.8 Å². The minimum atomic E-state index is -0.167. The first kappa shape index (κ1) is 16.2. The Morgan fingerprint density at radius 2 is 1.56 bits per heavy atom. The molecule has 1 fully saturated rings. The summed E-state index contributed by atoms with van der Waals surface area (Å²) in [5.41, 5.74) is 2.45. The molecule has 2 aromatic carbocycles. The van der Waals surface area contributed by atoms with Crippen molar-refractivity contribution in [2.75, 3.05) is 37.6 Å². The number of fused-ring (bicyclic) bond motifs is 1. The van der Waals surface area contributed by atoms with Gasteiger partial charge in [0, 0.05) is 50.1 Å². The molecule has 4 heteroatoms. The summed E-state index contributed by atoms with van der Waals surface area (Å²) < 4.78 is 15.4. The van der Waals surface area contributed by atoms with Crippen molar-refractivity contribution in [3.8, 4) is 0 Å². The topological polar surface area (TPSA) is 11.4 Å². The highest BCUT2D eigenvalue weighted by atomic mass is 19.1. The second-order valence-electron chi connectivity index (χ2n) is 6.73. The van der Waals surface area contributed by atoms with Crippen LogP contribution in [0, 0.1) is 5.82 Å². The molecule has 0 amide bonds. The van der Waals surface area contributed by atoms with Crippen molar-refractivity contribution in [1.29, 1.82) is 0 Å². The second kappa shape index (κ2) is 7.28. The van der Waals surface area contributed by atoms with Crippen molar-refractivity contribution in [3.05, 3.63) is 66.6 Å². The first-order valence-electron chi connectivity index (χ1n) is 9.06. The zero-order valence-corrected chi connectivity index (χ0v) is 14.4. The summed E-state index contributed by atoms with van der Waals surface area (Å²) in [5.74, 6) is -0.167. The molecule has 2 heterocycles. The fourth-order valence-electron chi connectivity index (χ4n) is 3.68. The third-order valence-electron chi connectivity index (χ3n) is 5.12. The number of hydrogen-bond donors (Lipinski definition) is 0. The van der Waals surface area contributed by atoms with E-state index in [4.69, 9.17) is 0 Å². The minimum absolute atomic E-state index is 0.167. The quantitative estimate of drug-likeness (QED) is 0.697. The van der Waals surface area contributed by atoms with Gasteiger partial charge in [-0.05, 0) is 54.8 Å².